The van der Waals surface area contributed by atoms with Crippen LogP contribution in [0.2, 0.25) is 0 Å². The average Bonchev–Trinajstić information content (AvgIpc) is 2.27. The Morgan fingerprint density at radius 2 is 2.06 bits per heavy atom. The fourth-order valence-corrected chi connectivity index (χ4v) is 1.49. The van der Waals surface area contributed by atoms with E-state index >= 15 is 0 Å². The predicted molar refractivity (Wildman–Crippen MR) is 63.8 cm³/mol. The van der Waals surface area contributed by atoms with Crippen LogP contribution in [0.1, 0.15) is 31.4 Å². The molecule has 16 heavy (non-hydrogen) atoms. The summed E-state index contributed by atoms with van der Waals surface area (Å²) in [6, 6.07) is 9.72. The van der Waals surface area contributed by atoms with Gasteiger partial charge >= 0.3 is 0 Å². The molecule has 0 aliphatic rings. The maximum Gasteiger partial charge on any atom is 0.0995 e. The molecule has 2 N–H and O–H groups in total. The van der Waals surface area contributed by atoms with E-state index in [-0.39, 0.29) is 12.1 Å². The van der Waals surface area contributed by atoms with Crippen LogP contribution in [0.5, 0.6) is 0 Å². The number of hydrogen-bond donors (Lipinski definition) is 2. The molecule has 0 aliphatic heterocycles. The molecular formula is C13H18N2O. The zero-order valence-electron chi connectivity index (χ0n) is 9.83. The van der Waals surface area contributed by atoms with Crippen LogP contribution in [-0.2, 0) is 6.54 Å². The first-order chi connectivity index (χ1) is 7.59. The monoisotopic (exact) mass is 218 g/mol. The van der Waals surface area contributed by atoms with Gasteiger partial charge in [0.05, 0.1) is 11.6 Å². The van der Waals surface area contributed by atoms with Crippen molar-refractivity contribution in [1.29, 1.82) is 5.26 Å². The molecule has 1 aromatic rings. The van der Waals surface area contributed by atoms with Crippen LogP contribution in [-0.4, -0.2) is 17.3 Å². The van der Waals surface area contributed by atoms with E-state index in [0.29, 0.717) is 18.5 Å². The van der Waals surface area contributed by atoms with E-state index in [0.717, 1.165) is 5.56 Å². The van der Waals surface area contributed by atoms with Crippen molar-refractivity contribution in [3.05, 3.63) is 35.4 Å². The summed E-state index contributed by atoms with van der Waals surface area (Å²) in [6.07, 6.45) is 0.696. The third-order valence-corrected chi connectivity index (χ3v) is 2.63. The van der Waals surface area contributed by atoms with Crippen LogP contribution in [0.3, 0.4) is 0 Å². The molecule has 0 saturated carbocycles. The minimum absolute atomic E-state index is 0.114. The number of nitrogens with zero attached hydrogens (tertiary/aromatic N) is 1. The number of benzene rings is 1. The van der Waals surface area contributed by atoms with Crippen molar-refractivity contribution in [2.75, 3.05) is 6.61 Å². The first kappa shape index (κ1) is 12.7. The SMILES string of the molecule is CC(C)(CCO)NCc1ccccc1C#N. The molecule has 0 saturated heterocycles. The number of aliphatic hydroxyl groups excluding tert-OH is 1. The van der Waals surface area contributed by atoms with Crippen molar-refractivity contribution in [3.8, 4) is 6.07 Å². The van der Waals surface area contributed by atoms with Gasteiger partial charge in [-0.05, 0) is 31.9 Å². The lowest BCUT2D eigenvalue weighted by atomic mass is 10.00. The zero-order valence-corrected chi connectivity index (χ0v) is 9.83. The van der Waals surface area contributed by atoms with Gasteiger partial charge in [0.2, 0.25) is 0 Å². The summed E-state index contributed by atoms with van der Waals surface area (Å²) < 4.78 is 0. The highest BCUT2D eigenvalue weighted by molar-refractivity contribution is 5.37. The smallest absolute Gasteiger partial charge is 0.0995 e. The van der Waals surface area contributed by atoms with Gasteiger partial charge in [-0.15, -0.1) is 0 Å². The Balaban J connectivity index is 2.65. The maximum absolute atomic E-state index is 8.93. The Hall–Kier alpha value is -1.37. The van der Waals surface area contributed by atoms with Crippen LogP contribution >= 0.6 is 0 Å². The van der Waals surface area contributed by atoms with Gasteiger partial charge in [-0.1, -0.05) is 18.2 Å². The minimum Gasteiger partial charge on any atom is -0.396 e. The van der Waals surface area contributed by atoms with Crippen LogP contribution in [0.25, 0.3) is 0 Å². The van der Waals surface area contributed by atoms with E-state index in [1.54, 1.807) is 0 Å². The van der Waals surface area contributed by atoms with Crippen LogP contribution in [0, 0.1) is 11.3 Å². The summed E-state index contributed by atoms with van der Waals surface area (Å²) in [7, 11) is 0. The van der Waals surface area contributed by atoms with Gasteiger partial charge in [-0.2, -0.15) is 5.26 Å². The third-order valence-electron chi connectivity index (χ3n) is 2.63. The van der Waals surface area contributed by atoms with Crippen LogP contribution in [0.15, 0.2) is 24.3 Å². The van der Waals surface area contributed by atoms with Gasteiger partial charge in [-0.3, -0.25) is 0 Å². The first-order valence-electron chi connectivity index (χ1n) is 5.43. The molecule has 1 rings (SSSR count). The topological polar surface area (TPSA) is 56.0 Å². The number of rotatable bonds is 5. The quantitative estimate of drug-likeness (QED) is 0.792. The molecule has 0 amide bonds. The van der Waals surface area contributed by atoms with Crippen molar-refractivity contribution in [3.63, 3.8) is 0 Å². The van der Waals surface area contributed by atoms with E-state index in [1.165, 1.54) is 0 Å². The van der Waals surface area contributed by atoms with Gasteiger partial charge in [-0.25, -0.2) is 0 Å². The minimum atomic E-state index is -0.114. The van der Waals surface area contributed by atoms with Crippen LogP contribution in [0.4, 0.5) is 0 Å². The molecule has 0 aliphatic carbocycles. The van der Waals surface area contributed by atoms with Crippen molar-refractivity contribution in [2.24, 2.45) is 0 Å². The Labute approximate surface area is 96.7 Å². The molecule has 0 aromatic heterocycles. The molecule has 0 heterocycles. The fourth-order valence-electron chi connectivity index (χ4n) is 1.49. The van der Waals surface area contributed by atoms with Gasteiger partial charge < -0.3 is 10.4 Å². The highest BCUT2D eigenvalue weighted by atomic mass is 16.3. The molecule has 0 atom stereocenters. The van der Waals surface area contributed by atoms with Crippen molar-refractivity contribution >= 4 is 0 Å². The Morgan fingerprint density at radius 3 is 2.69 bits per heavy atom. The second-order valence-electron chi connectivity index (χ2n) is 4.48. The lowest BCUT2D eigenvalue weighted by Crippen LogP contribution is -2.39. The molecule has 3 heteroatoms. The number of nitriles is 1. The Morgan fingerprint density at radius 1 is 1.38 bits per heavy atom. The highest BCUT2D eigenvalue weighted by Gasteiger charge is 2.16. The molecule has 1 aromatic carbocycles. The maximum atomic E-state index is 8.93. The second kappa shape index (κ2) is 5.64. The van der Waals surface area contributed by atoms with Crippen LogP contribution < -0.4 is 5.32 Å². The third kappa shape index (κ3) is 3.65. The summed E-state index contributed by atoms with van der Waals surface area (Å²) in [5, 5.41) is 21.2. The van der Waals surface area contributed by atoms with E-state index < -0.39 is 0 Å². The van der Waals surface area contributed by atoms with Gasteiger partial charge in [0.15, 0.2) is 0 Å². The second-order valence-corrected chi connectivity index (χ2v) is 4.48. The molecule has 0 bridgehead atoms. The molecule has 0 fully saturated rings. The van der Waals surface area contributed by atoms with Crippen molar-refractivity contribution in [2.45, 2.75) is 32.4 Å². The number of aliphatic hydroxyl groups is 1. The summed E-state index contributed by atoms with van der Waals surface area (Å²) in [5.41, 5.74) is 1.59. The Bertz CT molecular complexity index is 380. The lowest BCUT2D eigenvalue weighted by Gasteiger charge is -2.25. The molecule has 86 valence electrons. The molecule has 0 spiro atoms. The molecule has 0 unspecified atom stereocenters. The van der Waals surface area contributed by atoms with E-state index in [9.17, 15) is 0 Å². The summed E-state index contributed by atoms with van der Waals surface area (Å²) in [5.74, 6) is 0. The van der Waals surface area contributed by atoms with Gasteiger partial charge in [0.1, 0.15) is 0 Å². The van der Waals surface area contributed by atoms with E-state index in [2.05, 4.69) is 11.4 Å². The van der Waals surface area contributed by atoms with Gasteiger partial charge in [0.25, 0.3) is 0 Å². The van der Waals surface area contributed by atoms with E-state index in [4.69, 9.17) is 10.4 Å². The van der Waals surface area contributed by atoms with Crippen molar-refractivity contribution < 1.29 is 5.11 Å². The summed E-state index contributed by atoms with van der Waals surface area (Å²) in [6.45, 7) is 4.90. The number of nitrogens with one attached hydrogen (secondary N) is 1. The standard InChI is InChI=1S/C13H18N2O/c1-13(2,7-8-16)15-10-12-6-4-3-5-11(12)9-14/h3-6,15-16H,7-8,10H2,1-2H3. The largest absolute Gasteiger partial charge is 0.396 e. The van der Waals surface area contributed by atoms with Crippen molar-refractivity contribution in [1.82, 2.24) is 5.32 Å². The van der Waals surface area contributed by atoms with Gasteiger partial charge in [0, 0.05) is 18.7 Å². The summed E-state index contributed by atoms with van der Waals surface area (Å²) in [4.78, 5) is 0. The Kier molecular flexibility index (Phi) is 4.48. The van der Waals surface area contributed by atoms with E-state index in [1.807, 2.05) is 38.1 Å². The molecule has 3 nitrogen and oxygen atoms in total. The normalized spacial score (nSPS) is 11.1. The lowest BCUT2D eigenvalue weighted by molar-refractivity contribution is 0.230. The zero-order chi connectivity index (χ0) is 12.0. The highest BCUT2D eigenvalue weighted by Crippen LogP contribution is 2.12. The predicted octanol–water partition coefficient (Wildman–Crippen LogP) is 1.81. The number of hydrogen-bond acceptors (Lipinski definition) is 3. The molecular weight excluding hydrogens is 200 g/mol. The summed E-state index contributed by atoms with van der Waals surface area (Å²) >= 11 is 0. The fraction of sp³-hybridized carbons (Fsp3) is 0.462. The average molecular weight is 218 g/mol. The first-order valence-corrected chi connectivity index (χ1v) is 5.43. The molecule has 0 radical (unpaired) electrons.